The summed E-state index contributed by atoms with van der Waals surface area (Å²) >= 11 is 0. The van der Waals surface area contributed by atoms with Gasteiger partial charge in [0.2, 0.25) is 0 Å². The number of rotatable bonds is 20. The molecule has 0 aromatic rings. The van der Waals surface area contributed by atoms with Crippen LogP contribution in [0.25, 0.3) is 0 Å². The van der Waals surface area contributed by atoms with Crippen LogP contribution in [-0.4, -0.2) is 43.6 Å². The van der Waals surface area contributed by atoms with Gasteiger partial charge in [0.05, 0.1) is 14.1 Å². The van der Waals surface area contributed by atoms with Crippen molar-refractivity contribution < 1.29 is 27.0 Å². The monoisotopic (exact) mass is 405 g/mol. The van der Waals surface area contributed by atoms with E-state index in [0.717, 1.165) is 26.0 Å². The molecule has 0 saturated heterocycles. The maximum Gasteiger partial charge on any atom is 0.111 e. The van der Waals surface area contributed by atoms with Gasteiger partial charge in [0.15, 0.2) is 0 Å². The average Bonchev–Trinajstić information content (AvgIpc) is 2.62. The SMILES string of the molecule is CCCCCCCC/C=C\CCCCCCCCO[N+](C)(C)CCCO.[Cl-]. The minimum absolute atomic E-state index is 0. The van der Waals surface area contributed by atoms with E-state index < -0.39 is 0 Å². The second kappa shape index (κ2) is 22.2. The van der Waals surface area contributed by atoms with Gasteiger partial charge in [-0.05, 0) is 32.1 Å². The third-order valence-electron chi connectivity index (χ3n) is 4.95. The van der Waals surface area contributed by atoms with Gasteiger partial charge in [-0.3, -0.25) is 0 Å². The fourth-order valence-corrected chi connectivity index (χ4v) is 3.18. The molecular weight excluding hydrogens is 358 g/mol. The second-order valence-corrected chi connectivity index (χ2v) is 8.15. The number of hydroxylamine groups is 3. The molecule has 0 atom stereocenters. The van der Waals surface area contributed by atoms with Crippen LogP contribution in [0.5, 0.6) is 0 Å². The molecule has 0 amide bonds. The van der Waals surface area contributed by atoms with Gasteiger partial charge in [-0.25, -0.2) is 4.84 Å². The molecule has 0 saturated carbocycles. The quantitative estimate of drug-likeness (QED) is 0.145. The number of aliphatic hydroxyl groups excluding tert-OH is 1. The number of halogens is 1. The lowest BCUT2D eigenvalue weighted by Crippen LogP contribution is -3.00. The van der Waals surface area contributed by atoms with E-state index in [0.29, 0.717) is 4.65 Å². The normalized spacial score (nSPS) is 11.9. The highest BCUT2D eigenvalue weighted by molar-refractivity contribution is 4.81. The highest BCUT2D eigenvalue weighted by atomic mass is 35.5. The maximum absolute atomic E-state index is 8.88. The Hall–Kier alpha value is -0.0900. The van der Waals surface area contributed by atoms with Gasteiger partial charge >= 0.3 is 0 Å². The Morgan fingerprint density at radius 2 is 1.19 bits per heavy atom. The summed E-state index contributed by atoms with van der Waals surface area (Å²) in [6.45, 7) is 4.24. The van der Waals surface area contributed by atoms with Crippen molar-refractivity contribution in [3.05, 3.63) is 12.2 Å². The number of unbranched alkanes of at least 4 members (excludes halogenated alkanes) is 12. The van der Waals surface area contributed by atoms with Gasteiger partial charge in [-0.1, -0.05) is 76.9 Å². The Balaban J connectivity index is 0. The van der Waals surface area contributed by atoms with Crippen molar-refractivity contribution in [3.63, 3.8) is 0 Å². The molecule has 0 fully saturated rings. The van der Waals surface area contributed by atoms with Crippen LogP contribution < -0.4 is 12.4 Å². The Labute approximate surface area is 176 Å². The van der Waals surface area contributed by atoms with Crippen LogP contribution in [0.3, 0.4) is 0 Å². The average molecular weight is 406 g/mol. The summed E-state index contributed by atoms with van der Waals surface area (Å²) in [5, 5.41) is 8.88. The molecule has 4 heteroatoms. The van der Waals surface area contributed by atoms with Crippen molar-refractivity contribution in [2.75, 3.05) is 33.9 Å². The van der Waals surface area contributed by atoms with Crippen LogP contribution in [-0.2, 0) is 4.84 Å². The molecule has 0 rings (SSSR count). The molecule has 0 heterocycles. The van der Waals surface area contributed by atoms with Crippen molar-refractivity contribution in [1.82, 2.24) is 0 Å². The van der Waals surface area contributed by atoms with Crippen LogP contribution in [0.15, 0.2) is 12.2 Å². The van der Waals surface area contributed by atoms with Gasteiger partial charge < -0.3 is 17.5 Å². The number of hydrogen-bond donors (Lipinski definition) is 1. The molecule has 0 aromatic heterocycles. The van der Waals surface area contributed by atoms with E-state index in [-0.39, 0.29) is 19.0 Å². The van der Waals surface area contributed by atoms with E-state index in [2.05, 4.69) is 33.2 Å². The lowest BCUT2D eigenvalue weighted by atomic mass is 10.1. The highest BCUT2D eigenvalue weighted by Gasteiger charge is 2.15. The maximum atomic E-state index is 8.88. The first-order chi connectivity index (χ1) is 12.6. The van der Waals surface area contributed by atoms with Crippen LogP contribution in [0.4, 0.5) is 0 Å². The molecule has 1 N–H and O–H groups in total. The zero-order valence-corrected chi connectivity index (χ0v) is 19.3. The van der Waals surface area contributed by atoms with Gasteiger partial charge in [0.25, 0.3) is 0 Å². The van der Waals surface area contributed by atoms with Crippen LogP contribution in [0.1, 0.15) is 103 Å². The lowest BCUT2D eigenvalue weighted by molar-refractivity contribution is -1.08. The lowest BCUT2D eigenvalue weighted by Gasteiger charge is -2.26. The smallest absolute Gasteiger partial charge is 0.111 e. The van der Waals surface area contributed by atoms with E-state index in [1.807, 2.05) is 0 Å². The predicted octanol–water partition coefficient (Wildman–Crippen LogP) is 3.42. The summed E-state index contributed by atoms with van der Waals surface area (Å²) in [4.78, 5) is 5.87. The van der Waals surface area contributed by atoms with E-state index in [1.165, 1.54) is 83.5 Å². The molecule has 0 aliphatic rings. The minimum atomic E-state index is 0. The van der Waals surface area contributed by atoms with Crippen molar-refractivity contribution in [2.45, 2.75) is 103 Å². The summed E-state index contributed by atoms with van der Waals surface area (Å²) in [5.74, 6) is 0. The van der Waals surface area contributed by atoms with Crippen molar-refractivity contribution in [2.24, 2.45) is 0 Å². The number of nitrogens with zero attached hydrogens (tertiary/aromatic N) is 1. The molecular formula is C23H48ClNO2. The molecule has 0 radical (unpaired) electrons. The Bertz CT molecular complexity index is 309. The first-order valence-electron chi connectivity index (χ1n) is 11.4. The number of allylic oxidation sites excluding steroid dienone is 2. The van der Waals surface area contributed by atoms with Crippen molar-refractivity contribution >= 4 is 0 Å². The first kappa shape index (κ1) is 29.1. The number of quaternary nitrogens is 1. The summed E-state index contributed by atoms with van der Waals surface area (Å²) in [5.41, 5.74) is 0. The topological polar surface area (TPSA) is 29.5 Å². The van der Waals surface area contributed by atoms with Crippen molar-refractivity contribution in [3.8, 4) is 0 Å². The van der Waals surface area contributed by atoms with E-state index in [9.17, 15) is 0 Å². The molecule has 27 heavy (non-hydrogen) atoms. The highest BCUT2D eigenvalue weighted by Crippen LogP contribution is 2.10. The Morgan fingerprint density at radius 3 is 1.70 bits per heavy atom. The molecule has 0 unspecified atom stereocenters. The Morgan fingerprint density at radius 1 is 0.704 bits per heavy atom. The predicted molar refractivity (Wildman–Crippen MR) is 114 cm³/mol. The minimum Gasteiger partial charge on any atom is -1.00 e. The molecule has 0 bridgehead atoms. The molecule has 164 valence electrons. The van der Waals surface area contributed by atoms with E-state index in [4.69, 9.17) is 9.94 Å². The van der Waals surface area contributed by atoms with Gasteiger partial charge in [0, 0.05) is 13.0 Å². The van der Waals surface area contributed by atoms with Crippen LogP contribution in [0, 0.1) is 0 Å². The van der Waals surface area contributed by atoms with Gasteiger partial charge in [-0.2, -0.15) is 4.65 Å². The summed E-state index contributed by atoms with van der Waals surface area (Å²) in [7, 11) is 4.13. The fourth-order valence-electron chi connectivity index (χ4n) is 3.18. The molecule has 0 spiro atoms. The summed E-state index contributed by atoms with van der Waals surface area (Å²) < 4.78 is 0.561. The standard InChI is InChI=1S/C23H48NO2.ClH/c1-4-5-6-7-8-9-10-11-12-13-14-15-16-17-18-19-23-26-24(2,3)21-20-22-25;/h11-12,25H,4-10,13-23H2,1-3H3;1H/q+1;/p-1/b12-11-;. The third-order valence-corrected chi connectivity index (χ3v) is 4.95. The largest absolute Gasteiger partial charge is 1.00 e. The first-order valence-corrected chi connectivity index (χ1v) is 11.4. The zero-order valence-electron chi connectivity index (χ0n) is 18.6. The second-order valence-electron chi connectivity index (χ2n) is 8.15. The zero-order chi connectivity index (χ0) is 19.3. The molecule has 3 nitrogen and oxygen atoms in total. The molecule has 0 aliphatic carbocycles. The van der Waals surface area contributed by atoms with Gasteiger partial charge in [0.1, 0.15) is 13.2 Å². The van der Waals surface area contributed by atoms with E-state index >= 15 is 0 Å². The summed E-state index contributed by atoms with van der Waals surface area (Å²) in [6, 6.07) is 0. The number of aliphatic hydroxyl groups is 1. The molecule has 0 aliphatic heterocycles. The third kappa shape index (κ3) is 23.9. The Kier molecular flexibility index (Phi) is 23.9. The molecule has 0 aromatic carbocycles. The van der Waals surface area contributed by atoms with E-state index in [1.54, 1.807) is 0 Å². The van der Waals surface area contributed by atoms with Gasteiger partial charge in [-0.15, -0.1) is 0 Å². The fraction of sp³-hybridized carbons (Fsp3) is 0.913. The van der Waals surface area contributed by atoms with Crippen molar-refractivity contribution in [1.29, 1.82) is 0 Å². The van der Waals surface area contributed by atoms with Crippen LogP contribution in [0.2, 0.25) is 0 Å². The summed E-state index contributed by atoms with van der Waals surface area (Å²) in [6.07, 6.45) is 24.3. The number of hydrogen-bond acceptors (Lipinski definition) is 2. The van der Waals surface area contributed by atoms with Crippen LogP contribution >= 0.6 is 0 Å².